The van der Waals surface area contributed by atoms with Crippen LogP contribution in [0.1, 0.15) is 23.4 Å². The lowest BCUT2D eigenvalue weighted by Gasteiger charge is -2.03. The minimum Gasteiger partial charge on any atom is -0.317 e. The van der Waals surface area contributed by atoms with Gasteiger partial charge in [0.2, 0.25) is 5.82 Å². The molecule has 0 saturated heterocycles. The summed E-state index contributed by atoms with van der Waals surface area (Å²) in [5.41, 5.74) is -0.247. The van der Waals surface area contributed by atoms with Crippen molar-refractivity contribution in [2.45, 2.75) is 13.3 Å². The molecule has 0 radical (unpaired) electrons. The van der Waals surface area contributed by atoms with Gasteiger partial charge in [0, 0.05) is 12.5 Å². The first kappa shape index (κ1) is 12.2. The number of nitrogens with zero attached hydrogens (tertiary/aromatic N) is 2. The third kappa shape index (κ3) is 2.50. The Kier molecular flexibility index (Phi) is 3.31. The Morgan fingerprint density at radius 1 is 1.44 bits per heavy atom. The molecule has 0 atom stereocenters. The predicted octanol–water partition coefficient (Wildman–Crippen LogP) is 1.90. The summed E-state index contributed by atoms with van der Waals surface area (Å²) < 4.78 is 26.2. The first-order chi connectivity index (χ1) is 8.60. The zero-order chi connectivity index (χ0) is 13.1. The summed E-state index contributed by atoms with van der Waals surface area (Å²) in [6.45, 7) is 1.84. The number of anilines is 1. The minimum absolute atomic E-state index is 0.115. The highest BCUT2D eigenvalue weighted by molar-refractivity contribution is 6.01. The molecule has 5 nitrogen and oxygen atoms in total. The van der Waals surface area contributed by atoms with Gasteiger partial charge in [-0.3, -0.25) is 9.89 Å². The van der Waals surface area contributed by atoms with Crippen LogP contribution in [-0.2, 0) is 6.42 Å². The average Bonchev–Trinajstić information content (AvgIpc) is 2.82. The Morgan fingerprint density at radius 3 is 2.89 bits per heavy atom. The number of amides is 1. The maximum atomic E-state index is 13.3. The van der Waals surface area contributed by atoms with E-state index in [1.807, 2.05) is 6.92 Å². The van der Waals surface area contributed by atoms with E-state index in [9.17, 15) is 13.6 Å². The molecule has 7 heteroatoms. The van der Waals surface area contributed by atoms with Crippen molar-refractivity contribution in [3.8, 4) is 0 Å². The van der Waals surface area contributed by atoms with Gasteiger partial charge in [-0.25, -0.2) is 13.8 Å². The van der Waals surface area contributed by atoms with Crippen molar-refractivity contribution in [3.05, 3.63) is 41.5 Å². The van der Waals surface area contributed by atoms with E-state index >= 15 is 0 Å². The number of carbonyl (C=O) groups is 1. The Morgan fingerprint density at radius 2 is 2.22 bits per heavy atom. The van der Waals surface area contributed by atoms with Crippen LogP contribution in [-0.4, -0.2) is 21.1 Å². The lowest BCUT2D eigenvalue weighted by molar-refractivity contribution is 0.101. The molecule has 0 bridgehead atoms. The molecule has 2 rings (SSSR count). The summed E-state index contributed by atoms with van der Waals surface area (Å²) in [4.78, 5) is 15.5. The number of carbonyl (C=O) groups excluding carboxylic acids is 1. The first-order valence-corrected chi connectivity index (χ1v) is 5.28. The second-order valence-corrected chi connectivity index (χ2v) is 3.54. The monoisotopic (exact) mass is 252 g/mol. The van der Waals surface area contributed by atoms with E-state index in [1.54, 1.807) is 0 Å². The molecule has 18 heavy (non-hydrogen) atoms. The van der Waals surface area contributed by atoms with E-state index in [0.717, 1.165) is 18.2 Å². The van der Waals surface area contributed by atoms with Gasteiger partial charge in [0.25, 0.3) is 5.91 Å². The van der Waals surface area contributed by atoms with Gasteiger partial charge in [0.05, 0.1) is 5.69 Å². The molecule has 2 N–H and O–H groups in total. The number of hydrogen-bond acceptors (Lipinski definition) is 3. The fraction of sp³-hybridized carbons (Fsp3) is 0.182. The van der Waals surface area contributed by atoms with Crippen LogP contribution in [0.5, 0.6) is 0 Å². The highest BCUT2D eigenvalue weighted by Gasteiger charge is 2.14. The third-order valence-corrected chi connectivity index (χ3v) is 2.25. The van der Waals surface area contributed by atoms with E-state index in [2.05, 4.69) is 20.5 Å². The quantitative estimate of drug-likeness (QED) is 0.876. The Balaban J connectivity index is 2.18. The molecular weight excluding hydrogens is 242 g/mol. The number of rotatable bonds is 3. The molecule has 1 aromatic carbocycles. The maximum absolute atomic E-state index is 13.3. The van der Waals surface area contributed by atoms with Gasteiger partial charge >= 0.3 is 0 Å². The van der Waals surface area contributed by atoms with Gasteiger partial charge in [0.15, 0.2) is 0 Å². The topological polar surface area (TPSA) is 70.7 Å². The largest absolute Gasteiger partial charge is 0.317 e. The van der Waals surface area contributed by atoms with Crippen LogP contribution < -0.4 is 5.32 Å². The zero-order valence-corrected chi connectivity index (χ0v) is 9.50. The summed E-state index contributed by atoms with van der Waals surface area (Å²) in [6.07, 6.45) is 0.592. The summed E-state index contributed by atoms with van der Waals surface area (Å²) in [5, 5.41) is 8.44. The van der Waals surface area contributed by atoms with Crippen LogP contribution in [0.3, 0.4) is 0 Å². The molecule has 94 valence electrons. The average molecular weight is 252 g/mol. The van der Waals surface area contributed by atoms with Gasteiger partial charge in [0.1, 0.15) is 17.5 Å². The molecule has 0 aliphatic carbocycles. The number of aromatic amines is 1. The summed E-state index contributed by atoms with van der Waals surface area (Å²) in [5.74, 6) is -1.64. The molecular formula is C11H10F2N4O. The van der Waals surface area contributed by atoms with Gasteiger partial charge in [-0.05, 0) is 12.1 Å². The molecule has 0 unspecified atom stereocenters. The van der Waals surface area contributed by atoms with Crippen LogP contribution in [0, 0.1) is 11.6 Å². The molecule has 2 aromatic rings. The fourth-order valence-electron chi connectivity index (χ4n) is 1.33. The lowest BCUT2D eigenvalue weighted by atomic mass is 10.3. The van der Waals surface area contributed by atoms with Crippen molar-refractivity contribution in [1.82, 2.24) is 15.2 Å². The number of hydrogen-bond donors (Lipinski definition) is 2. The van der Waals surface area contributed by atoms with E-state index in [-0.39, 0.29) is 11.5 Å². The van der Waals surface area contributed by atoms with E-state index < -0.39 is 17.5 Å². The second-order valence-electron chi connectivity index (χ2n) is 3.54. The SMILES string of the molecule is CCc1nc(C(=O)Nc2cc(F)ccc2F)n[nH]1. The van der Waals surface area contributed by atoms with Gasteiger partial charge in [-0.2, -0.15) is 0 Å². The van der Waals surface area contributed by atoms with E-state index in [4.69, 9.17) is 0 Å². The molecule has 1 aromatic heterocycles. The van der Waals surface area contributed by atoms with Crippen LogP contribution >= 0.6 is 0 Å². The van der Waals surface area contributed by atoms with Crippen molar-refractivity contribution in [3.63, 3.8) is 0 Å². The van der Waals surface area contributed by atoms with Crippen LogP contribution in [0.2, 0.25) is 0 Å². The van der Waals surface area contributed by atoms with Gasteiger partial charge in [-0.15, -0.1) is 5.10 Å². The standard InChI is InChI=1S/C11H10F2N4O/c1-2-9-15-10(17-16-9)11(18)14-8-5-6(12)3-4-7(8)13/h3-5H,2H2,1H3,(H,14,18)(H,15,16,17). The molecule has 0 saturated carbocycles. The highest BCUT2D eigenvalue weighted by Crippen LogP contribution is 2.15. The molecule has 0 aliphatic rings. The number of H-pyrrole nitrogens is 1. The van der Waals surface area contributed by atoms with Gasteiger partial charge in [-0.1, -0.05) is 6.92 Å². The van der Waals surface area contributed by atoms with Crippen LogP contribution in [0.4, 0.5) is 14.5 Å². The van der Waals surface area contributed by atoms with E-state index in [1.165, 1.54) is 0 Å². The molecule has 1 heterocycles. The van der Waals surface area contributed by atoms with Crippen molar-refractivity contribution < 1.29 is 13.6 Å². The lowest BCUT2D eigenvalue weighted by Crippen LogP contribution is -2.15. The van der Waals surface area contributed by atoms with Crippen molar-refractivity contribution in [1.29, 1.82) is 0 Å². The van der Waals surface area contributed by atoms with Crippen LogP contribution in [0.15, 0.2) is 18.2 Å². The minimum atomic E-state index is -0.726. The Labute approximate surface area is 101 Å². The summed E-state index contributed by atoms with van der Waals surface area (Å²) >= 11 is 0. The Bertz CT molecular complexity index is 582. The summed E-state index contributed by atoms with van der Waals surface area (Å²) in [6, 6.07) is 2.79. The Hall–Kier alpha value is -2.31. The predicted molar refractivity (Wildman–Crippen MR) is 60.1 cm³/mol. The zero-order valence-electron chi connectivity index (χ0n) is 9.50. The third-order valence-electron chi connectivity index (χ3n) is 2.25. The smallest absolute Gasteiger partial charge is 0.295 e. The number of benzene rings is 1. The van der Waals surface area contributed by atoms with E-state index in [0.29, 0.717) is 12.2 Å². The number of aromatic nitrogens is 3. The molecule has 0 aliphatic heterocycles. The number of nitrogens with one attached hydrogen (secondary N) is 2. The molecule has 0 spiro atoms. The number of halogens is 2. The molecule has 0 fully saturated rings. The van der Waals surface area contributed by atoms with Crippen molar-refractivity contribution in [2.24, 2.45) is 0 Å². The maximum Gasteiger partial charge on any atom is 0.295 e. The summed E-state index contributed by atoms with van der Waals surface area (Å²) in [7, 11) is 0. The highest BCUT2D eigenvalue weighted by atomic mass is 19.1. The second kappa shape index (κ2) is 4.91. The molecule has 1 amide bonds. The normalized spacial score (nSPS) is 10.4. The van der Waals surface area contributed by atoms with Gasteiger partial charge < -0.3 is 5.32 Å². The van der Waals surface area contributed by atoms with Crippen molar-refractivity contribution in [2.75, 3.05) is 5.32 Å². The first-order valence-electron chi connectivity index (χ1n) is 5.28. The number of aryl methyl sites for hydroxylation is 1. The fourth-order valence-corrected chi connectivity index (χ4v) is 1.33. The van der Waals surface area contributed by atoms with Crippen molar-refractivity contribution >= 4 is 11.6 Å². The van der Waals surface area contributed by atoms with Crippen LogP contribution in [0.25, 0.3) is 0 Å².